The third-order valence-corrected chi connectivity index (χ3v) is 5.73. The minimum absolute atomic E-state index is 0.0497. The van der Waals surface area contributed by atoms with E-state index >= 15 is 0 Å². The van der Waals surface area contributed by atoms with Gasteiger partial charge in [0, 0.05) is 12.1 Å². The molecule has 0 aliphatic carbocycles. The molecule has 0 saturated heterocycles. The molecule has 0 heterocycles. The molecule has 6 nitrogen and oxygen atoms in total. The molecule has 0 spiro atoms. The predicted octanol–water partition coefficient (Wildman–Crippen LogP) is 2.10. The van der Waals surface area contributed by atoms with Crippen LogP contribution in [0.25, 0.3) is 0 Å². The quantitative estimate of drug-likeness (QED) is 0.754. The molecular weight excluding hydrogens is 318 g/mol. The van der Waals surface area contributed by atoms with E-state index in [4.69, 9.17) is 5.11 Å². The molecule has 128 valence electrons. The van der Waals surface area contributed by atoms with E-state index in [9.17, 15) is 18.0 Å². The number of carbonyl (C=O) groups is 2. The number of sulfone groups is 1. The Morgan fingerprint density at radius 3 is 2.17 bits per heavy atom. The monoisotopic (exact) mass is 341 g/mol. The van der Waals surface area contributed by atoms with Gasteiger partial charge in [-0.25, -0.2) is 8.42 Å². The highest BCUT2D eigenvalue weighted by atomic mass is 32.2. The van der Waals surface area contributed by atoms with E-state index in [1.165, 1.54) is 24.3 Å². The molecule has 0 radical (unpaired) electrons. The van der Waals surface area contributed by atoms with Gasteiger partial charge in [0.25, 0.3) is 5.91 Å². The summed E-state index contributed by atoms with van der Waals surface area (Å²) in [6.45, 7) is 5.12. The Balaban J connectivity index is 2.77. The molecule has 7 heteroatoms. The van der Waals surface area contributed by atoms with Gasteiger partial charge in [0.05, 0.1) is 16.1 Å². The molecule has 1 amide bonds. The molecule has 0 aliphatic heterocycles. The van der Waals surface area contributed by atoms with Crippen molar-refractivity contribution in [1.29, 1.82) is 0 Å². The first-order valence-electron chi connectivity index (χ1n) is 7.55. The van der Waals surface area contributed by atoms with Crippen LogP contribution in [0.3, 0.4) is 0 Å². The van der Waals surface area contributed by atoms with E-state index in [1.54, 1.807) is 13.8 Å². The van der Waals surface area contributed by atoms with Crippen LogP contribution in [0.4, 0.5) is 0 Å². The number of amides is 1. The molecule has 0 aromatic heterocycles. The zero-order valence-corrected chi connectivity index (χ0v) is 14.4. The van der Waals surface area contributed by atoms with E-state index < -0.39 is 32.9 Å². The molecule has 1 aromatic carbocycles. The highest BCUT2D eigenvalue weighted by Crippen LogP contribution is 2.16. The highest BCUT2D eigenvalue weighted by Gasteiger charge is 2.20. The smallest absolute Gasteiger partial charge is 0.308 e. The number of rotatable bonds is 8. The third kappa shape index (κ3) is 5.06. The van der Waals surface area contributed by atoms with Crippen LogP contribution in [0, 0.1) is 5.92 Å². The van der Waals surface area contributed by atoms with Gasteiger partial charge < -0.3 is 10.4 Å². The van der Waals surface area contributed by atoms with Gasteiger partial charge in [-0.05, 0) is 44.5 Å². The van der Waals surface area contributed by atoms with E-state index in [1.807, 2.05) is 6.92 Å². The van der Waals surface area contributed by atoms with Crippen molar-refractivity contribution in [2.75, 3.05) is 6.54 Å². The summed E-state index contributed by atoms with van der Waals surface area (Å²) in [5, 5.41) is 11.1. The number of carboxylic acids is 1. The summed E-state index contributed by atoms with van der Waals surface area (Å²) >= 11 is 0. The Morgan fingerprint density at radius 1 is 1.17 bits per heavy atom. The topological polar surface area (TPSA) is 101 Å². The third-order valence-electron chi connectivity index (χ3n) is 3.56. The van der Waals surface area contributed by atoms with Crippen LogP contribution in [0.5, 0.6) is 0 Å². The molecule has 0 saturated carbocycles. The Kier molecular flexibility index (Phi) is 6.75. The van der Waals surface area contributed by atoms with Crippen LogP contribution in [0.15, 0.2) is 29.2 Å². The van der Waals surface area contributed by atoms with Gasteiger partial charge in [-0.15, -0.1) is 0 Å². The summed E-state index contributed by atoms with van der Waals surface area (Å²) in [4.78, 5) is 23.2. The van der Waals surface area contributed by atoms with Gasteiger partial charge in [-0.3, -0.25) is 9.59 Å². The molecule has 1 aromatic rings. The van der Waals surface area contributed by atoms with Gasteiger partial charge in [0.2, 0.25) is 0 Å². The number of hydrogen-bond donors (Lipinski definition) is 2. The van der Waals surface area contributed by atoms with Crippen LogP contribution >= 0.6 is 0 Å². The van der Waals surface area contributed by atoms with Gasteiger partial charge in [-0.2, -0.15) is 0 Å². The van der Waals surface area contributed by atoms with Crippen molar-refractivity contribution in [2.45, 2.75) is 43.8 Å². The number of hydrogen-bond acceptors (Lipinski definition) is 4. The summed E-state index contributed by atoms with van der Waals surface area (Å²) in [6.07, 6.45) is 1.20. The first-order chi connectivity index (χ1) is 10.7. The van der Waals surface area contributed by atoms with Gasteiger partial charge in [0.1, 0.15) is 0 Å². The molecular formula is C16H23NO5S. The van der Waals surface area contributed by atoms with Crippen molar-refractivity contribution in [2.24, 2.45) is 5.92 Å². The zero-order chi connectivity index (χ0) is 17.6. The van der Waals surface area contributed by atoms with Crippen LogP contribution < -0.4 is 5.32 Å². The van der Waals surface area contributed by atoms with Crippen molar-refractivity contribution in [1.82, 2.24) is 5.32 Å². The normalized spacial score (nSPS) is 12.9. The Bertz CT molecular complexity index is 650. The predicted molar refractivity (Wildman–Crippen MR) is 87.1 cm³/mol. The maximum absolute atomic E-state index is 12.0. The fourth-order valence-electron chi connectivity index (χ4n) is 2.05. The molecule has 1 unspecified atom stereocenters. The molecule has 2 N–H and O–H groups in total. The SMILES string of the molecule is CCCC(CNC(=O)c1ccc(S(=O)(=O)C(C)C)cc1)C(=O)O. The van der Waals surface area contributed by atoms with Crippen molar-refractivity contribution < 1.29 is 23.1 Å². The number of benzene rings is 1. The first kappa shape index (κ1) is 19.2. The lowest BCUT2D eigenvalue weighted by Crippen LogP contribution is -2.32. The molecule has 0 bridgehead atoms. The van der Waals surface area contributed by atoms with Crippen LogP contribution in [0.2, 0.25) is 0 Å². The second kappa shape index (κ2) is 8.10. The minimum Gasteiger partial charge on any atom is -0.481 e. The van der Waals surface area contributed by atoms with Crippen molar-refractivity contribution >= 4 is 21.7 Å². The average Bonchev–Trinajstić information content (AvgIpc) is 2.50. The summed E-state index contributed by atoms with van der Waals surface area (Å²) in [5.74, 6) is -1.98. The fourth-order valence-corrected chi connectivity index (χ4v) is 3.11. The Hall–Kier alpha value is -1.89. The van der Waals surface area contributed by atoms with Crippen molar-refractivity contribution in [3.8, 4) is 0 Å². The van der Waals surface area contributed by atoms with Crippen LogP contribution in [-0.4, -0.2) is 37.2 Å². The Morgan fingerprint density at radius 2 is 1.74 bits per heavy atom. The van der Waals surface area contributed by atoms with E-state index in [-0.39, 0.29) is 11.4 Å². The number of carbonyl (C=O) groups excluding carboxylic acids is 1. The van der Waals surface area contributed by atoms with E-state index in [0.717, 1.165) is 0 Å². The summed E-state index contributed by atoms with van der Waals surface area (Å²) in [6, 6.07) is 5.65. The van der Waals surface area contributed by atoms with Crippen molar-refractivity contribution in [3.63, 3.8) is 0 Å². The molecule has 0 aliphatic rings. The average molecular weight is 341 g/mol. The van der Waals surface area contributed by atoms with Gasteiger partial charge in [-0.1, -0.05) is 13.3 Å². The van der Waals surface area contributed by atoms with E-state index in [2.05, 4.69) is 5.32 Å². The van der Waals surface area contributed by atoms with E-state index in [0.29, 0.717) is 18.4 Å². The zero-order valence-electron chi connectivity index (χ0n) is 13.6. The largest absolute Gasteiger partial charge is 0.481 e. The van der Waals surface area contributed by atoms with Gasteiger partial charge >= 0.3 is 5.97 Å². The van der Waals surface area contributed by atoms with Crippen LogP contribution in [0.1, 0.15) is 44.0 Å². The number of nitrogens with one attached hydrogen (secondary N) is 1. The summed E-state index contributed by atoms with van der Waals surface area (Å²) in [5.41, 5.74) is 0.299. The summed E-state index contributed by atoms with van der Waals surface area (Å²) < 4.78 is 24.0. The Labute approximate surface area is 136 Å². The second-order valence-electron chi connectivity index (χ2n) is 5.65. The maximum Gasteiger partial charge on any atom is 0.308 e. The highest BCUT2D eigenvalue weighted by molar-refractivity contribution is 7.92. The summed E-state index contributed by atoms with van der Waals surface area (Å²) in [7, 11) is -3.37. The lowest BCUT2D eigenvalue weighted by Gasteiger charge is -2.13. The lowest BCUT2D eigenvalue weighted by atomic mass is 10.0. The standard InChI is InChI=1S/C16H23NO5S/c1-4-5-13(16(19)20)10-17-15(18)12-6-8-14(9-7-12)23(21,22)11(2)3/h6-9,11,13H,4-5,10H2,1-3H3,(H,17,18)(H,19,20). The first-order valence-corrected chi connectivity index (χ1v) is 9.09. The molecule has 1 rings (SSSR count). The fraction of sp³-hybridized carbons (Fsp3) is 0.500. The van der Waals surface area contributed by atoms with Crippen molar-refractivity contribution in [3.05, 3.63) is 29.8 Å². The molecule has 1 atom stereocenters. The van der Waals surface area contributed by atoms with Crippen LogP contribution in [-0.2, 0) is 14.6 Å². The molecule has 0 fully saturated rings. The van der Waals surface area contributed by atoms with Gasteiger partial charge in [0.15, 0.2) is 9.84 Å². The maximum atomic E-state index is 12.0. The lowest BCUT2D eigenvalue weighted by molar-refractivity contribution is -0.141. The minimum atomic E-state index is -3.37. The molecule has 23 heavy (non-hydrogen) atoms. The number of aliphatic carboxylic acids is 1. The number of carboxylic acid groups (broad SMARTS) is 1. The second-order valence-corrected chi connectivity index (χ2v) is 8.16.